The van der Waals surface area contributed by atoms with E-state index in [0.717, 1.165) is 18.8 Å². The molecule has 1 atom stereocenters. The first kappa shape index (κ1) is 12.7. The lowest BCUT2D eigenvalue weighted by atomic mass is 9.91. The van der Waals surface area contributed by atoms with Gasteiger partial charge in [0.05, 0.1) is 6.61 Å². The van der Waals surface area contributed by atoms with Crippen molar-refractivity contribution in [3.63, 3.8) is 0 Å². The molecule has 0 unspecified atom stereocenters. The van der Waals surface area contributed by atoms with Crippen molar-refractivity contribution >= 4 is 12.4 Å². The lowest BCUT2D eigenvalue weighted by molar-refractivity contribution is 0.356. The molecule has 0 spiro atoms. The summed E-state index contributed by atoms with van der Waals surface area (Å²) in [5, 5.41) is 0. The van der Waals surface area contributed by atoms with Gasteiger partial charge in [-0.3, -0.25) is 0 Å². The number of halogens is 1. The lowest BCUT2D eigenvalue weighted by Gasteiger charge is -2.19. The van der Waals surface area contributed by atoms with Crippen molar-refractivity contribution in [2.45, 2.75) is 38.1 Å². The molecule has 2 aliphatic rings. The molecule has 0 amide bonds. The molecule has 0 saturated heterocycles. The lowest BCUT2D eigenvalue weighted by Crippen LogP contribution is -2.19. The van der Waals surface area contributed by atoms with Gasteiger partial charge < -0.3 is 10.5 Å². The molecular formula is C14H20ClNO. The minimum atomic E-state index is 0. The summed E-state index contributed by atoms with van der Waals surface area (Å²) < 4.78 is 5.52. The minimum absolute atomic E-state index is 0. The van der Waals surface area contributed by atoms with Crippen molar-refractivity contribution in [3.8, 4) is 5.75 Å². The predicted octanol–water partition coefficient (Wildman–Crippen LogP) is 3.23. The Morgan fingerprint density at radius 1 is 1.24 bits per heavy atom. The van der Waals surface area contributed by atoms with Gasteiger partial charge in [-0.05, 0) is 36.0 Å². The zero-order valence-electron chi connectivity index (χ0n) is 10.0. The van der Waals surface area contributed by atoms with E-state index < -0.39 is 0 Å². The predicted molar refractivity (Wildman–Crippen MR) is 71.8 cm³/mol. The maximum Gasteiger partial charge on any atom is 0.122 e. The number of fused-ring (bicyclic) bond motifs is 1. The van der Waals surface area contributed by atoms with Crippen LogP contribution in [0.2, 0.25) is 0 Å². The number of nitrogens with two attached hydrogens (primary N) is 1. The second-order valence-electron chi connectivity index (χ2n) is 5.04. The van der Waals surface area contributed by atoms with E-state index in [2.05, 4.69) is 18.2 Å². The van der Waals surface area contributed by atoms with Gasteiger partial charge >= 0.3 is 0 Å². The summed E-state index contributed by atoms with van der Waals surface area (Å²) in [5.74, 6) is 1.75. The number of hydrogen-bond donors (Lipinski definition) is 1. The normalized spacial score (nSPS) is 20.5. The maximum atomic E-state index is 6.35. The van der Waals surface area contributed by atoms with E-state index in [4.69, 9.17) is 10.5 Å². The highest BCUT2D eigenvalue weighted by molar-refractivity contribution is 5.85. The van der Waals surface area contributed by atoms with Crippen LogP contribution in [0.15, 0.2) is 18.2 Å². The van der Waals surface area contributed by atoms with Crippen LogP contribution in [0.25, 0.3) is 0 Å². The standard InChI is InChI=1S/C14H19NO.ClH/c15-14(10-3-1-2-4-10)12-5-6-13-11(9-12)7-8-16-13;/h5-6,9-10,14H,1-4,7-8,15H2;1H/t14-;/m0./s1. The van der Waals surface area contributed by atoms with Crippen molar-refractivity contribution in [2.75, 3.05) is 6.61 Å². The minimum Gasteiger partial charge on any atom is -0.493 e. The third-order valence-corrected chi connectivity index (χ3v) is 4.01. The molecule has 0 aromatic heterocycles. The Labute approximate surface area is 109 Å². The quantitative estimate of drug-likeness (QED) is 0.878. The van der Waals surface area contributed by atoms with Gasteiger partial charge in [0, 0.05) is 12.5 Å². The van der Waals surface area contributed by atoms with Crippen molar-refractivity contribution < 1.29 is 4.74 Å². The summed E-state index contributed by atoms with van der Waals surface area (Å²) in [6.07, 6.45) is 6.35. The molecule has 3 rings (SSSR count). The second-order valence-corrected chi connectivity index (χ2v) is 5.04. The summed E-state index contributed by atoms with van der Waals surface area (Å²) >= 11 is 0. The molecule has 17 heavy (non-hydrogen) atoms. The van der Waals surface area contributed by atoms with Crippen LogP contribution in [-0.4, -0.2) is 6.61 Å². The van der Waals surface area contributed by atoms with Crippen LogP contribution in [0.5, 0.6) is 5.75 Å². The van der Waals surface area contributed by atoms with Crippen molar-refractivity contribution in [1.82, 2.24) is 0 Å². The molecule has 1 saturated carbocycles. The van der Waals surface area contributed by atoms with Crippen molar-refractivity contribution in [2.24, 2.45) is 11.7 Å². The Hall–Kier alpha value is -0.730. The van der Waals surface area contributed by atoms with E-state index in [1.54, 1.807) is 0 Å². The van der Waals surface area contributed by atoms with Gasteiger partial charge in [-0.25, -0.2) is 0 Å². The average Bonchev–Trinajstić information content (AvgIpc) is 2.98. The molecule has 2 N–H and O–H groups in total. The zero-order valence-corrected chi connectivity index (χ0v) is 10.8. The summed E-state index contributed by atoms with van der Waals surface area (Å²) in [5.41, 5.74) is 8.99. The van der Waals surface area contributed by atoms with Crippen LogP contribution in [0, 0.1) is 5.92 Å². The smallest absolute Gasteiger partial charge is 0.122 e. The first-order valence-electron chi connectivity index (χ1n) is 6.36. The van der Waals surface area contributed by atoms with E-state index >= 15 is 0 Å². The SMILES string of the molecule is Cl.N[C@H](c1ccc2c(c1)CCO2)C1CCCC1. The topological polar surface area (TPSA) is 35.2 Å². The molecular weight excluding hydrogens is 234 g/mol. The zero-order chi connectivity index (χ0) is 11.0. The Morgan fingerprint density at radius 2 is 2.00 bits per heavy atom. The van der Waals surface area contributed by atoms with Gasteiger partial charge in [-0.15, -0.1) is 12.4 Å². The van der Waals surface area contributed by atoms with Crippen LogP contribution in [0.4, 0.5) is 0 Å². The molecule has 0 bridgehead atoms. The van der Waals surface area contributed by atoms with Gasteiger partial charge in [-0.2, -0.15) is 0 Å². The van der Waals surface area contributed by atoms with Gasteiger partial charge in [0.1, 0.15) is 5.75 Å². The van der Waals surface area contributed by atoms with Crippen LogP contribution >= 0.6 is 12.4 Å². The van der Waals surface area contributed by atoms with Gasteiger partial charge in [0.25, 0.3) is 0 Å². The number of benzene rings is 1. The van der Waals surface area contributed by atoms with E-state index in [1.807, 2.05) is 0 Å². The first-order valence-corrected chi connectivity index (χ1v) is 6.36. The summed E-state index contributed by atoms with van der Waals surface area (Å²) in [6, 6.07) is 6.72. The van der Waals surface area contributed by atoms with Crippen LogP contribution < -0.4 is 10.5 Å². The van der Waals surface area contributed by atoms with Gasteiger partial charge in [-0.1, -0.05) is 25.0 Å². The van der Waals surface area contributed by atoms with E-state index in [1.165, 1.54) is 36.8 Å². The molecule has 1 heterocycles. The molecule has 2 nitrogen and oxygen atoms in total. The summed E-state index contributed by atoms with van der Waals surface area (Å²) in [6.45, 7) is 0.831. The Balaban J connectivity index is 0.00000108. The average molecular weight is 254 g/mol. The Morgan fingerprint density at radius 3 is 2.76 bits per heavy atom. The fraction of sp³-hybridized carbons (Fsp3) is 0.571. The first-order chi connectivity index (χ1) is 7.84. The fourth-order valence-corrected chi connectivity index (χ4v) is 3.00. The monoisotopic (exact) mass is 253 g/mol. The van der Waals surface area contributed by atoms with Crippen molar-refractivity contribution in [3.05, 3.63) is 29.3 Å². The number of rotatable bonds is 2. The highest BCUT2D eigenvalue weighted by atomic mass is 35.5. The number of ether oxygens (including phenoxy) is 1. The van der Waals surface area contributed by atoms with Crippen LogP contribution in [-0.2, 0) is 6.42 Å². The molecule has 1 aliphatic heterocycles. The molecule has 94 valence electrons. The Bertz CT molecular complexity index is 388. The van der Waals surface area contributed by atoms with Crippen LogP contribution in [0.3, 0.4) is 0 Å². The van der Waals surface area contributed by atoms with Gasteiger partial charge in [0.15, 0.2) is 0 Å². The van der Waals surface area contributed by atoms with Crippen LogP contribution in [0.1, 0.15) is 42.9 Å². The third-order valence-electron chi connectivity index (χ3n) is 4.01. The largest absolute Gasteiger partial charge is 0.493 e. The van der Waals surface area contributed by atoms with E-state index in [-0.39, 0.29) is 18.4 Å². The highest BCUT2D eigenvalue weighted by Gasteiger charge is 2.24. The molecule has 1 aromatic rings. The Kier molecular flexibility index (Phi) is 3.95. The maximum absolute atomic E-state index is 6.35. The molecule has 1 aromatic carbocycles. The summed E-state index contributed by atoms with van der Waals surface area (Å²) in [4.78, 5) is 0. The molecule has 1 fully saturated rings. The molecule has 3 heteroatoms. The third kappa shape index (κ3) is 2.43. The number of hydrogen-bond acceptors (Lipinski definition) is 2. The summed E-state index contributed by atoms with van der Waals surface area (Å²) in [7, 11) is 0. The fourth-order valence-electron chi connectivity index (χ4n) is 3.00. The van der Waals surface area contributed by atoms with Gasteiger partial charge in [0.2, 0.25) is 0 Å². The van der Waals surface area contributed by atoms with E-state index in [0.29, 0.717) is 5.92 Å². The second kappa shape index (κ2) is 5.28. The van der Waals surface area contributed by atoms with Crippen molar-refractivity contribution in [1.29, 1.82) is 0 Å². The highest BCUT2D eigenvalue weighted by Crippen LogP contribution is 2.36. The van der Waals surface area contributed by atoms with E-state index in [9.17, 15) is 0 Å². The molecule has 0 radical (unpaired) electrons. The molecule has 1 aliphatic carbocycles.